The second-order valence-electron chi connectivity index (χ2n) is 7.91. The highest BCUT2D eigenvalue weighted by atomic mass is 16.4. The van der Waals surface area contributed by atoms with Crippen LogP contribution in [-0.2, 0) is 11.3 Å². The quantitative estimate of drug-likeness (QED) is 0.908. The van der Waals surface area contributed by atoms with Crippen LogP contribution in [0, 0.1) is 11.3 Å². The van der Waals surface area contributed by atoms with E-state index in [-0.39, 0.29) is 23.3 Å². The fourth-order valence-electron chi connectivity index (χ4n) is 4.28. The highest BCUT2D eigenvalue weighted by Crippen LogP contribution is 2.50. The van der Waals surface area contributed by atoms with Gasteiger partial charge in [0.25, 0.3) is 0 Å². The van der Waals surface area contributed by atoms with E-state index in [1.807, 2.05) is 49.1 Å². The number of likely N-dealkylation sites (tertiary alicyclic amines) is 1. The Hall–Kier alpha value is -2.04. The van der Waals surface area contributed by atoms with E-state index in [2.05, 4.69) is 0 Å². The molecule has 2 fully saturated rings. The van der Waals surface area contributed by atoms with Crippen molar-refractivity contribution in [3.63, 3.8) is 0 Å². The lowest BCUT2D eigenvalue weighted by atomic mass is 9.57. The van der Waals surface area contributed by atoms with Crippen LogP contribution in [0.1, 0.15) is 45.1 Å². The van der Waals surface area contributed by atoms with E-state index >= 15 is 0 Å². The van der Waals surface area contributed by atoms with Crippen LogP contribution in [0.25, 0.3) is 0 Å². The van der Waals surface area contributed by atoms with Crippen molar-refractivity contribution in [3.05, 3.63) is 35.9 Å². The van der Waals surface area contributed by atoms with Crippen molar-refractivity contribution in [2.24, 2.45) is 11.3 Å². The van der Waals surface area contributed by atoms with Gasteiger partial charge in [-0.1, -0.05) is 44.2 Å². The molecule has 1 saturated carbocycles. The standard InChI is InChI=1S/C20H28N2O3/c1-20(2)16(18(23)21-11-7-4-8-12-21)13-17(20)22(19(24)25)14-15-9-5-3-6-10-15/h3,5-6,9-10,16-17H,4,7-8,11-14H2,1-2H3,(H,24,25)/t16-,17-/m0/s1. The fraction of sp³-hybridized carbons (Fsp3) is 0.600. The predicted molar refractivity (Wildman–Crippen MR) is 96.1 cm³/mol. The summed E-state index contributed by atoms with van der Waals surface area (Å²) in [6.45, 7) is 6.14. The highest BCUT2D eigenvalue weighted by Gasteiger charge is 2.56. The van der Waals surface area contributed by atoms with E-state index in [1.54, 1.807) is 0 Å². The number of amides is 2. The van der Waals surface area contributed by atoms with Gasteiger partial charge in [-0.15, -0.1) is 0 Å². The third kappa shape index (κ3) is 3.51. The third-order valence-electron chi connectivity index (χ3n) is 6.00. The molecule has 2 aliphatic rings. The van der Waals surface area contributed by atoms with Gasteiger partial charge in [0.1, 0.15) is 0 Å². The van der Waals surface area contributed by atoms with Gasteiger partial charge in [0.15, 0.2) is 0 Å². The second-order valence-corrected chi connectivity index (χ2v) is 7.91. The number of piperidine rings is 1. The minimum Gasteiger partial charge on any atom is -0.465 e. The summed E-state index contributed by atoms with van der Waals surface area (Å²) < 4.78 is 0. The number of benzene rings is 1. The van der Waals surface area contributed by atoms with E-state index in [0.717, 1.165) is 31.5 Å². The van der Waals surface area contributed by atoms with Crippen molar-refractivity contribution in [1.82, 2.24) is 9.80 Å². The van der Waals surface area contributed by atoms with Gasteiger partial charge in [0.2, 0.25) is 5.91 Å². The molecule has 1 N–H and O–H groups in total. The van der Waals surface area contributed by atoms with E-state index in [0.29, 0.717) is 13.0 Å². The summed E-state index contributed by atoms with van der Waals surface area (Å²) in [4.78, 5) is 28.2. The Balaban J connectivity index is 1.70. The Kier molecular flexibility index (Phi) is 5.02. The first-order valence-corrected chi connectivity index (χ1v) is 9.23. The number of carbonyl (C=O) groups excluding carboxylic acids is 1. The highest BCUT2D eigenvalue weighted by molar-refractivity contribution is 5.81. The molecule has 136 valence electrons. The van der Waals surface area contributed by atoms with Crippen LogP contribution in [-0.4, -0.2) is 46.0 Å². The molecule has 0 radical (unpaired) electrons. The number of rotatable bonds is 4. The minimum absolute atomic E-state index is 0.0757. The van der Waals surface area contributed by atoms with Crippen molar-refractivity contribution in [1.29, 1.82) is 0 Å². The molecule has 1 saturated heterocycles. The van der Waals surface area contributed by atoms with E-state index in [1.165, 1.54) is 11.3 Å². The average molecular weight is 344 g/mol. The summed E-state index contributed by atoms with van der Waals surface area (Å²) in [5.41, 5.74) is 0.647. The van der Waals surface area contributed by atoms with Crippen LogP contribution in [0.3, 0.4) is 0 Å². The second kappa shape index (κ2) is 7.06. The zero-order valence-electron chi connectivity index (χ0n) is 15.1. The third-order valence-corrected chi connectivity index (χ3v) is 6.00. The molecule has 25 heavy (non-hydrogen) atoms. The van der Waals surface area contributed by atoms with Gasteiger partial charge in [-0.3, -0.25) is 4.79 Å². The lowest BCUT2D eigenvalue weighted by molar-refractivity contribution is -0.154. The molecular formula is C20H28N2O3. The maximum atomic E-state index is 12.9. The Morgan fingerprint density at radius 2 is 1.80 bits per heavy atom. The fourth-order valence-corrected chi connectivity index (χ4v) is 4.28. The average Bonchev–Trinajstić information content (AvgIpc) is 2.61. The van der Waals surface area contributed by atoms with Gasteiger partial charge in [0.05, 0.1) is 0 Å². The van der Waals surface area contributed by atoms with Crippen molar-refractivity contribution >= 4 is 12.0 Å². The molecular weight excluding hydrogens is 316 g/mol. The van der Waals surface area contributed by atoms with Crippen molar-refractivity contribution in [2.75, 3.05) is 13.1 Å². The minimum atomic E-state index is -0.911. The van der Waals surface area contributed by atoms with E-state index in [4.69, 9.17) is 0 Å². The van der Waals surface area contributed by atoms with Crippen LogP contribution < -0.4 is 0 Å². The molecule has 1 aromatic rings. The number of carboxylic acid groups (broad SMARTS) is 1. The molecule has 1 aliphatic carbocycles. The van der Waals surface area contributed by atoms with Gasteiger partial charge in [-0.2, -0.15) is 0 Å². The summed E-state index contributed by atoms with van der Waals surface area (Å²) >= 11 is 0. The molecule has 1 heterocycles. The first kappa shape index (κ1) is 17.8. The summed E-state index contributed by atoms with van der Waals surface area (Å²) in [6.07, 6.45) is 3.08. The van der Waals surface area contributed by atoms with Gasteiger partial charge in [-0.05, 0) is 36.7 Å². The molecule has 3 rings (SSSR count). The molecule has 2 amide bonds. The van der Waals surface area contributed by atoms with Crippen LogP contribution in [0.15, 0.2) is 30.3 Å². The normalized spacial score (nSPS) is 25.1. The first-order chi connectivity index (χ1) is 11.9. The van der Waals surface area contributed by atoms with Crippen molar-refractivity contribution in [2.45, 2.75) is 52.1 Å². The maximum absolute atomic E-state index is 12.9. The zero-order chi connectivity index (χ0) is 18.0. The summed E-state index contributed by atoms with van der Waals surface area (Å²) in [5, 5.41) is 9.71. The summed E-state index contributed by atoms with van der Waals surface area (Å²) in [5.74, 6) is 0.138. The van der Waals surface area contributed by atoms with E-state index in [9.17, 15) is 14.7 Å². The Labute approximate surface area is 149 Å². The van der Waals surface area contributed by atoms with Gasteiger partial charge in [-0.25, -0.2) is 4.79 Å². The summed E-state index contributed by atoms with van der Waals surface area (Å²) in [7, 11) is 0. The lowest BCUT2D eigenvalue weighted by Gasteiger charge is -2.55. The lowest BCUT2D eigenvalue weighted by Crippen LogP contribution is -2.63. The Morgan fingerprint density at radius 3 is 2.36 bits per heavy atom. The molecule has 1 aromatic carbocycles. The largest absolute Gasteiger partial charge is 0.465 e. The number of carbonyl (C=O) groups is 2. The van der Waals surface area contributed by atoms with Crippen LogP contribution in [0.4, 0.5) is 4.79 Å². The zero-order valence-corrected chi connectivity index (χ0v) is 15.1. The molecule has 1 aliphatic heterocycles. The topological polar surface area (TPSA) is 60.9 Å². The molecule has 0 aromatic heterocycles. The summed E-state index contributed by atoms with van der Waals surface area (Å²) in [6, 6.07) is 9.53. The Bertz CT molecular complexity index is 623. The van der Waals surface area contributed by atoms with Crippen LogP contribution in [0.2, 0.25) is 0 Å². The SMILES string of the molecule is CC1(C)[C@@H](N(Cc2ccccc2)C(=O)O)C[C@H]1C(=O)N1CCCCC1. The van der Waals surface area contributed by atoms with Crippen molar-refractivity contribution < 1.29 is 14.7 Å². The van der Waals surface area contributed by atoms with Gasteiger partial charge >= 0.3 is 6.09 Å². The molecule has 5 nitrogen and oxygen atoms in total. The monoisotopic (exact) mass is 344 g/mol. The van der Waals surface area contributed by atoms with Gasteiger partial charge in [0, 0.05) is 31.6 Å². The molecule has 2 atom stereocenters. The number of hydrogen-bond donors (Lipinski definition) is 1. The first-order valence-electron chi connectivity index (χ1n) is 9.23. The van der Waals surface area contributed by atoms with E-state index < -0.39 is 6.09 Å². The predicted octanol–water partition coefficient (Wildman–Crippen LogP) is 3.59. The Morgan fingerprint density at radius 1 is 1.16 bits per heavy atom. The smallest absolute Gasteiger partial charge is 0.407 e. The number of nitrogens with zero attached hydrogens (tertiary/aromatic N) is 2. The molecule has 0 spiro atoms. The number of hydrogen-bond acceptors (Lipinski definition) is 2. The maximum Gasteiger partial charge on any atom is 0.407 e. The van der Waals surface area contributed by atoms with Crippen LogP contribution in [0.5, 0.6) is 0 Å². The molecule has 0 bridgehead atoms. The molecule has 5 heteroatoms. The van der Waals surface area contributed by atoms with Gasteiger partial charge < -0.3 is 14.9 Å². The van der Waals surface area contributed by atoms with Crippen LogP contribution >= 0.6 is 0 Å². The molecule has 0 unspecified atom stereocenters. The van der Waals surface area contributed by atoms with Crippen molar-refractivity contribution in [3.8, 4) is 0 Å².